The van der Waals surface area contributed by atoms with E-state index in [1.54, 1.807) is 17.8 Å². The molecule has 0 saturated carbocycles. The highest BCUT2D eigenvalue weighted by Crippen LogP contribution is 2.15. The third-order valence-corrected chi connectivity index (χ3v) is 3.80. The van der Waals surface area contributed by atoms with Gasteiger partial charge in [-0.1, -0.05) is 6.92 Å². The second-order valence-electron chi connectivity index (χ2n) is 4.05. The van der Waals surface area contributed by atoms with Crippen molar-refractivity contribution in [2.24, 2.45) is 0 Å². The Labute approximate surface area is 96.9 Å². The molecule has 92 valence electrons. The molecule has 0 spiro atoms. The molecule has 0 atom stereocenters. The number of hydrogen-bond donors (Lipinski definition) is 1. The van der Waals surface area contributed by atoms with E-state index < -0.39 is 10.0 Å². The number of sulfonamides is 1. The molecule has 0 fully saturated rings. The average Bonchev–Trinajstić information content (AvgIpc) is 2.58. The maximum Gasteiger partial charge on any atom is 0.243 e. The Morgan fingerprint density at radius 2 is 2.12 bits per heavy atom. The number of nitrogens with one attached hydrogen (secondary N) is 1. The molecule has 0 aliphatic carbocycles. The Bertz CT molecular complexity index is 449. The fourth-order valence-corrected chi connectivity index (χ4v) is 2.61. The number of rotatable bonds is 5. The predicted molar refractivity (Wildman–Crippen MR) is 62.8 cm³/mol. The lowest BCUT2D eigenvalue weighted by Gasteiger charge is -2.04. The highest BCUT2D eigenvalue weighted by molar-refractivity contribution is 7.89. The van der Waals surface area contributed by atoms with Crippen molar-refractivity contribution in [2.45, 2.75) is 45.1 Å². The SMILES string of the molecule is CCCNS(=O)(=O)c1cn(C(C)C)nc1C. The molecule has 1 aromatic heterocycles. The van der Waals surface area contributed by atoms with Gasteiger partial charge < -0.3 is 0 Å². The highest BCUT2D eigenvalue weighted by Gasteiger charge is 2.20. The van der Waals surface area contributed by atoms with Crippen LogP contribution in [0.15, 0.2) is 11.1 Å². The summed E-state index contributed by atoms with van der Waals surface area (Å²) in [5.41, 5.74) is 0.539. The Kier molecular flexibility index (Phi) is 4.09. The molecular weight excluding hydrogens is 226 g/mol. The Hall–Kier alpha value is -0.880. The van der Waals surface area contributed by atoms with E-state index in [-0.39, 0.29) is 10.9 Å². The lowest BCUT2D eigenvalue weighted by molar-refractivity contribution is 0.528. The fraction of sp³-hybridized carbons (Fsp3) is 0.700. The van der Waals surface area contributed by atoms with Gasteiger partial charge in [-0.25, -0.2) is 13.1 Å². The maximum atomic E-state index is 11.9. The maximum absolute atomic E-state index is 11.9. The van der Waals surface area contributed by atoms with E-state index in [4.69, 9.17) is 0 Å². The standard InChI is InChI=1S/C10H19N3O2S/c1-5-6-11-16(14,15)10-7-13(8(2)3)12-9(10)4/h7-8,11H,5-6H2,1-4H3. The largest absolute Gasteiger partial charge is 0.269 e. The Morgan fingerprint density at radius 3 is 2.56 bits per heavy atom. The zero-order valence-electron chi connectivity index (χ0n) is 10.2. The summed E-state index contributed by atoms with van der Waals surface area (Å²) < 4.78 is 28.0. The van der Waals surface area contributed by atoms with Gasteiger partial charge in [0, 0.05) is 18.8 Å². The predicted octanol–water partition coefficient (Wildman–Crippen LogP) is 1.46. The number of hydrogen-bond acceptors (Lipinski definition) is 3. The summed E-state index contributed by atoms with van der Waals surface area (Å²) in [5, 5.41) is 4.18. The smallest absolute Gasteiger partial charge is 0.243 e. The number of aryl methyl sites for hydroxylation is 1. The average molecular weight is 245 g/mol. The van der Waals surface area contributed by atoms with Gasteiger partial charge in [0.2, 0.25) is 10.0 Å². The summed E-state index contributed by atoms with van der Waals surface area (Å²) in [6, 6.07) is 0.161. The van der Waals surface area contributed by atoms with Crippen molar-refractivity contribution in [3.8, 4) is 0 Å². The van der Waals surface area contributed by atoms with Crippen LogP contribution in [0, 0.1) is 6.92 Å². The van der Waals surface area contributed by atoms with Gasteiger partial charge in [-0.15, -0.1) is 0 Å². The molecule has 0 saturated heterocycles. The zero-order valence-corrected chi connectivity index (χ0v) is 11.0. The van der Waals surface area contributed by atoms with E-state index in [2.05, 4.69) is 9.82 Å². The molecule has 5 nitrogen and oxygen atoms in total. The van der Waals surface area contributed by atoms with Crippen LogP contribution in [0.4, 0.5) is 0 Å². The first-order chi connectivity index (χ1) is 7.38. The van der Waals surface area contributed by atoms with E-state index in [1.165, 1.54) is 0 Å². The molecule has 0 amide bonds. The van der Waals surface area contributed by atoms with Gasteiger partial charge in [-0.3, -0.25) is 4.68 Å². The summed E-state index contributed by atoms with van der Waals surface area (Å²) in [7, 11) is -3.40. The topological polar surface area (TPSA) is 64.0 Å². The van der Waals surface area contributed by atoms with Gasteiger partial charge >= 0.3 is 0 Å². The lowest BCUT2D eigenvalue weighted by atomic mass is 10.4. The van der Waals surface area contributed by atoms with Crippen molar-refractivity contribution >= 4 is 10.0 Å². The third kappa shape index (κ3) is 2.82. The number of aromatic nitrogens is 2. The zero-order chi connectivity index (χ0) is 12.3. The molecule has 0 aromatic carbocycles. The molecule has 0 bridgehead atoms. The first-order valence-electron chi connectivity index (χ1n) is 5.44. The van der Waals surface area contributed by atoms with Crippen LogP contribution in [0.5, 0.6) is 0 Å². The van der Waals surface area contributed by atoms with Crippen molar-refractivity contribution < 1.29 is 8.42 Å². The van der Waals surface area contributed by atoms with Gasteiger partial charge in [-0.2, -0.15) is 5.10 Å². The minimum Gasteiger partial charge on any atom is -0.269 e. The summed E-state index contributed by atoms with van der Waals surface area (Å²) >= 11 is 0. The Morgan fingerprint density at radius 1 is 1.50 bits per heavy atom. The van der Waals surface area contributed by atoms with E-state index in [0.717, 1.165) is 6.42 Å². The fourth-order valence-electron chi connectivity index (χ4n) is 1.31. The second-order valence-corrected chi connectivity index (χ2v) is 5.79. The van der Waals surface area contributed by atoms with Crippen molar-refractivity contribution in [3.05, 3.63) is 11.9 Å². The monoisotopic (exact) mass is 245 g/mol. The van der Waals surface area contributed by atoms with Crippen LogP contribution in [0.1, 0.15) is 38.9 Å². The highest BCUT2D eigenvalue weighted by atomic mass is 32.2. The minimum absolute atomic E-state index is 0.161. The summed E-state index contributed by atoms with van der Waals surface area (Å²) in [4.78, 5) is 0.273. The van der Waals surface area contributed by atoms with Crippen molar-refractivity contribution in [1.82, 2.24) is 14.5 Å². The Balaban J connectivity index is 3.04. The van der Waals surface area contributed by atoms with Crippen LogP contribution in [0.3, 0.4) is 0 Å². The molecule has 6 heteroatoms. The molecule has 1 N–H and O–H groups in total. The molecule has 1 rings (SSSR count). The van der Waals surface area contributed by atoms with Crippen LogP contribution >= 0.6 is 0 Å². The van der Waals surface area contributed by atoms with Gasteiger partial charge in [0.05, 0.1) is 5.69 Å². The summed E-state index contributed by atoms with van der Waals surface area (Å²) in [6.45, 7) is 8.01. The quantitative estimate of drug-likeness (QED) is 0.854. The van der Waals surface area contributed by atoms with Gasteiger partial charge in [0.15, 0.2) is 0 Å². The number of nitrogens with zero attached hydrogens (tertiary/aromatic N) is 2. The van der Waals surface area contributed by atoms with Crippen molar-refractivity contribution in [3.63, 3.8) is 0 Å². The molecule has 1 heterocycles. The first kappa shape index (κ1) is 13.2. The van der Waals surface area contributed by atoms with Gasteiger partial charge in [0.25, 0.3) is 0 Å². The molecule has 16 heavy (non-hydrogen) atoms. The van der Waals surface area contributed by atoms with E-state index in [1.807, 2.05) is 20.8 Å². The van der Waals surface area contributed by atoms with Crippen molar-refractivity contribution in [1.29, 1.82) is 0 Å². The molecule has 0 radical (unpaired) electrons. The van der Waals surface area contributed by atoms with E-state index in [0.29, 0.717) is 12.2 Å². The van der Waals surface area contributed by atoms with Gasteiger partial charge in [-0.05, 0) is 27.2 Å². The normalized spacial score (nSPS) is 12.3. The van der Waals surface area contributed by atoms with Gasteiger partial charge in [0.1, 0.15) is 4.90 Å². The first-order valence-corrected chi connectivity index (χ1v) is 6.92. The van der Waals surface area contributed by atoms with Crippen molar-refractivity contribution in [2.75, 3.05) is 6.54 Å². The third-order valence-electron chi connectivity index (χ3n) is 2.23. The van der Waals surface area contributed by atoms with Crippen LogP contribution in [0.25, 0.3) is 0 Å². The molecule has 0 aliphatic rings. The molecule has 0 unspecified atom stereocenters. The lowest BCUT2D eigenvalue weighted by Crippen LogP contribution is -2.24. The van der Waals surface area contributed by atoms with E-state index >= 15 is 0 Å². The van der Waals surface area contributed by atoms with Crippen LogP contribution in [-0.4, -0.2) is 24.7 Å². The van der Waals surface area contributed by atoms with E-state index in [9.17, 15) is 8.42 Å². The van der Waals surface area contributed by atoms with Crippen LogP contribution in [0.2, 0.25) is 0 Å². The van der Waals surface area contributed by atoms with Crippen LogP contribution in [-0.2, 0) is 10.0 Å². The molecular formula is C10H19N3O2S. The van der Waals surface area contributed by atoms with Crippen LogP contribution < -0.4 is 4.72 Å². The summed E-state index contributed by atoms with van der Waals surface area (Å²) in [5.74, 6) is 0. The molecule has 0 aliphatic heterocycles. The summed E-state index contributed by atoms with van der Waals surface area (Å²) in [6.07, 6.45) is 2.36. The second kappa shape index (κ2) is 4.97. The minimum atomic E-state index is -3.40. The molecule has 1 aromatic rings.